The van der Waals surface area contributed by atoms with Crippen molar-refractivity contribution in [1.29, 1.82) is 0 Å². The van der Waals surface area contributed by atoms with Gasteiger partial charge in [0.05, 0.1) is 0 Å². The maximum Gasteiger partial charge on any atom is 0.0184 e. The Balaban J connectivity index is 2.14. The molecule has 0 atom stereocenters. The molecule has 1 aliphatic rings. The van der Waals surface area contributed by atoms with Crippen molar-refractivity contribution in [3.63, 3.8) is 0 Å². The predicted molar refractivity (Wildman–Crippen MR) is 66.2 cm³/mol. The van der Waals surface area contributed by atoms with E-state index in [0.717, 1.165) is 19.6 Å². The summed E-state index contributed by atoms with van der Waals surface area (Å²) in [5.41, 5.74) is 1.25. The third kappa shape index (κ3) is 5.92. The molecule has 1 heterocycles. The van der Waals surface area contributed by atoms with Gasteiger partial charge in [-0.3, -0.25) is 0 Å². The minimum Gasteiger partial charge on any atom is -0.315 e. The van der Waals surface area contributed by atoms with E-state index >= 15 is 0 Å². The minimum atomic E-state index is 1.02. The molecule has 1 fully saturated rings. The first kappa shape index (κ1) is 12.7. The van der Waals surface area contributed by atoms with Gasteiger partial charge in [-0.2, -0.15) is 0 Å². The van der Waals surface area contributed by atoms with Gasteiger partial charge in [0.25, 0.3) is 0 Å². The fourth-order valence-electron chi connectivity index (χ4n) is 1.98. The summed E-state index contributed by atoms with van der Waals surface area (Å²) in [7, 11) is 2.17. The van der Waals surface area contributed by atoms with Crippen LogP contribution in [0.25, 0.3) is 0 Å². The molecule has 1 saturated heterocycles. The number of likely N-dealkylation sites (N-methyl/N-ethyl adjacent to an activating group) is 1. The molecule has 15 heavy (non-hydrogen) atoms. The molecule has 1 N–H and O–H groups in total. The predicted octanol–water partition coefficient (Wildman–Crippen LogP) is 0.790. The summed E-state index contributed by atoms with van der Waals surface area (Å²) >= 11 is 0. The highest BCUT2D eigenvalue weighted by molar-refractivity contribution is 4.91. The molecule has 0 saturated carbocycles. The van der Waals surface area contributed by atoms with Gasteiger partial charge in [0.15, 0.2) is 0 Å². The zero-order valence-electron chi connectivity index (χ0n) is 10.3. The topological polar surface area (TPSA) is 18.5 Å². The van der Waals surface area contributed by atoms with E-state index in [4.69, 9.17) is 0 Å². The molecule has 0 aromatic heterocycles. The first-order valence-corrected chi connectivity index (χ1v) is 5.94. The van der Waals surface area contributed by atoms with E-state index in [9.17, 15) is 0 Å². The number of hydrogen-bond donors (Lipinski definition) is 1. The Morgan fingerprint density at radius 1 is 1.40 bits per heavy atom. The van der Waals surface area contributed by atoms with Crippen molar-refractivity contribution in [3.05, 3.63) is 12.2 Å². The van der Waals surface area contributed by atoms with Crippen molar-refractivity contribution in [3.8, 4) is 0 Å². The number of nitrogens with zero attached hydrogens (tertiary/aromatic N) is 2. The van der Waals surface area contributed by atoms with E-state index < -0.39 is 0 Å². The van der Waals surface area contributed by atoms with Gasteiger partial charge >= 0.3 is 0 Å². The van der Waals surface area contributed by atoms with Gasteiger partial charge in [0.2, 0.25) is 0 Å². The van der Waals surface area contributed by atoms with E-state index in [2.05, 4.69) is 35.7 Å². The van der Waals surface area contributed by atoms with Crippen LogP contribution in [0.4, 0.5) is 0 Å². The summed E-state index contributed by atoms with van der Waals surface area (Å²) in [6.07, 6.45) is 1.28. The molecular formula is C12H25N3. The van der Waals surface area contributed by atoms with E-state index in [1.807, 2.05) is 0 Å². The first-order chi connectivity index (χ1) is 7.18. The average Bonchev–Trinajstić information content (AvgIpc) is 2.41. The molecule has 0 aromatic carbocycles. The standard InChI is InChI=1S/C12H25N3/c1-12(2)11-14(3)9-10-15-7-4-5-13-6-8-15/h13H,1,4-11H2,2-3H3. The van der Waals surface area contributed by atoms with Crippen molar-refractivity contribution in [1.82, 2.24) is 15.1 Å². The number of nitrogens with one attached hydrogen (secondary N) is 1. The van der Waals surface area contributed by atoms with Crippen LogP contribution in [0.3, 0.4) is 0 Å². The fraction of sp³-hybridized carbons (Fsp3) is 0.833. The molecule has 0 spiro atoms. The van der Waals surface area contributed by atoms with Crippen LogP contribution in [0.5, 0.6) is 0 Å². The lowest BCUT2D eigenvalue weighted by molar-refractivity contribution is 0.243. The van der Waals surface area contributed by atoms with Crippen LogP contribution in [0.15, 0.2) is 12.2 Å². The zero-order valence-corrected chi connectivity index (χ0v) is 10.3. The molecule has 0 radical (unpaired) electrons. The third-order valence-electron chi connectivity index (χ3n) is 2.77. The Kier molecular flexibility index (Phi) is 5.91. The lowest BCUT2D eigenvalue weighted by Crippen LogP contribution is -2.35. The lowest BCUT2D eigenvalue weighted by Gasteiger charge is -2.23. The SMILES string of the molecule is C=C(C)CN(C)CCN1CCCNCC1. The van der Waals surface area contributed by atoms with E-state index in [1.165, 1.54) is 38.2 Å². The molecule has 0 bridgehead atoms. The summed E-state index contributed by atoms with van der Waals surface area (Å²) in [4.78, 5) is 4.90. The molecule has 88 valence electrons. The summed E-state index contributed by atoms with van der Waals surface area (Å²) in [6.45, 7) is 14.1. The molecule has 0 unspecified atom stereocenters. The number of hydrogen-bond acceptors (Lipinski definition) is 3. The number of rotatable bonds is 5. The molecule has 0 aromatic rings. The first-order valence-electron chi connectivity index (χ1n) is 5.94. The zero-order chi connectivity index (χ0) is 11.1. The Hall–Kier alpha value is -0.380. The Bertz CT molecular complexity index is 183. The van der Waals surface area contributed by atoms with Gasteiger partial charge in [-0.25, -0.2) is 0 Å². The summed E-state index contributed by atoms with van der Waals surface area (Å²) < 4.78 is 0. The summed E-state index contributed by atoms with van der Waals surface area (Å²) in [6, 6.07) is 0. The fourth-order valence-corrected chi connectivity index (χ4v) is 1.98. The Morgan fingerprint density at radius 3 is 2.93 bits per heavy atom. The van der Waals surface area contributed by atoms with Crippen LogP contribution in [0.2, 0.25) is 0 Å². The molecule has 0 amide bonds. The quantitative estimate of drug-likeness (QED) is 0.678. The van der Waals surface area contributed by atoms with Gasteiger partial charge < -0.3 is 15.1 Å². The second kappa shape index (κ2) is 6.99. The van der Waals surface area contributed by atoms with E-state index in [0.29, 0.717) is 0 Å². The second-order valence-corrected chi connectivity index (χ2v) is 4.64. The molecule has 1 aliphatic heterocycles. The van der Waals surface area contributed by atoms with Crippen LogP contribution in [0.1, 0.15) is 13.3 Å². The monoisotopic (exact) mass is 211 g/mol. The molecular weight excluding hydrogens is 186 g/mol. The highest BCUT2D eigenvalue weighted by atomic mass is 15.2. The van der Waals surface area contributed by atoms with E-state index in [1.54, 1.807) is 0 Å². The average molecular weight is 211 g/mol. The van der Waals surface area contributed by atoms with Gasteiger partial charge in [-0.15, -0.1) is 0 Å². The molecule has 0 aliphatic carbocycles. The van der Waals surface area contributed by atoms with Crippen molar-refractivity contribution < 1.29 is 0 Å². The van der Waals surface area contributed by atoms with Crippen molar-refractivity contribution in [2.24, 2.45) is 0 Å². The Morgan fingerprint density at radius 2 is 2.20 bits per heavy atom. The molecule has 1 rings (SSSR count). The second-order valence-electron chi connectivity index (χ2n) is 4.64. The van der Waals surface area contributed by atoms with Crippen LogP contribution in [-0.2, 0) is 0 Å². The largest absolute Gasteiger partial charge is 0.315 e. The molecule has 3 nitrogen and oxygen atoms in total. The highest BCUT2D eigenvalue weighted by Gasteiger charge is 2.08. The third-order valence-corrected chi connectivity index (χ3v) is 2.77. The van der Waals surface area contributed by atoms with Crippen molar-refractivity contribution in [2.75, 3.05) is 52.9 Å². The summed E-state index contributed by atoms with van der Waals surface area (Å²) in [5, 5.41) is 3.43. The van der Waals surface area contributed by atoms with Gasteiger partial charge in [-0.1, -0.05) is 12.2 Å². The van der Waals surface area contributed by atoms with Crippen LogP contribution in [-0.4, -0.2) is 62.7 Å². The van der Waals surface area contributed by atoms with Gasteiger partial charge in [0.1, 0.15) is 0 Å². The van der Waals surface area contributed by atoms with Crippen LogP contribution >= 0.6 is 0 Å². The lowest BCUT2D eigenvalue weighted by atomic mass is 10.3. The minimum absolute atomic E-state index is 1.02. The van der Waals surface area contributed by atoms with Gasteiger partial charge in [-0.05, 0) is 33.5 Å². The van der Waals surface area contributed by atoms with Crippen LogP contribution < -0.4 is 5.32 Å². The maximum absolute atomic E-state index is 3.94. The van der Waals surface area contributed by atoms with Crippen molar-refractivity contribution in [2.45, 2.75) is 13.3 Å². The normalized spacial score (nSPS) is 19.1. The van der Waals surface area contributed by atoms with E-state index in [-0.39, 0.29) is 0 Å². The summed E-state index contributed by atoms with van der Waals surface area (Å²) in [5.74, 6) is 0. The smallest absolute Gasteiger partial charge is 0.0184 e. The van der Waals surface area contributed by atoms with Crippen LogP contribution in [0, 0.1) is 0 Å². The highest BCUT2D eigenvalue weighted by Crippen LogP contribution is 1.97. The molecule has 3 heteroatoms. The van der Waals surface area contributed by atoms with Crippen molar-refractivity contribution >= 4 is 0 Å². The van der Waals surface area contributed by atoms with Gasteiger partial charge in [0, 0.05) is 32.7 Å². The Labute approximate surface area is 94.1 Å². The maximum atomic E-state index is 3.94.